The molecule has 0 aliphatic rings. The third-order valence-corrected chi connectivity index (χ3v) is 5.24. The zero-order valence-electron chi connectivity index (χ0n) is 10.1. The van der Waals surface area contributed by atoms with Crippen LogP contribution in [0.15, 0.2) is 12.4 Å². The zero-order valence-corrected chi connectivity index (χ0v) is 11.0. The van der Waals surface area contributed by atoms with E-state index in [0.717, 1.165) is 6.54 Å². The second-order valence-electron chi connectivity index (χ2n) is 4.42. The Hall–Kier alpha value is -0.880. The summed E-state index contributed by atoms with van der Waals surface area (Å²) in [6, 6.07) is -0.627. The van der Waals surface area contributed by atoms with Crippen molar-refractivity contribution >= 4 is 9.84 Å². The van der Waals surface area contributed by atoms with E-state index in [0.29, 0.717) is 5.82 Å². The van der Waals surface area contributed by atoms with Gasteiger partial charge in [0.1, 0.15) is 5.82 Å². The lowest BCUT2D eigenvalue weighted by Crippen LogP contribution is -2.43. The highest BCUT2D eigenvalue weighted by molar-refractivity contribution is 7.92. The Bertz CT molecular complexity index is 462. The summed E-state index contributed by atoms with van der Waals surface area (Å²) in [6.07, 6.45) is 4.64. The number of rotatable bonds is 4. The SMILES string of the molecule is CCn1ccnc1C(N)C(C)(C)S(C)(=O)=O. The Morgan fingerprint density at radius 1 is 1.56 bits per heavy atom. The van der Waals surface area contributed by atoms with Crippen LogP contribution in [0.3, 0.4) is 0 Å². The Morgan fingerprint density at radius 2 is 2.12 bits per heavy atom. The topological polar surface area (TPSA) is 78.0 Å². The van der Waals surface area contributed by atoms with E-state index >= 15 is 0 Å². The van der Waals surface area contributed by atoms with E-state index in [-0.39, 0.29) is 0 Å². The smallest absolute Gasteiger partial charge is 0.154 e. The van der Waals surface area contributed by atoms with Gasteiger partial charge in [-0.1, -0.05) is 0 Å². The number of sulfone groups is 1. The molecule has 1 rings (SSSR count). The number of aromatic nitrogens is 2. The maximum absolute atomic E-state index is 11.7. The van der Waals surface area contributed by atoms with E-state index in [9.17, 15) is 8.42 Å². The van der Waals surface area contributed by atoms with Gasteiger partial charge in [-0.05, 0) is 20.8 Å². The van der Waals surface area contributed by atoms with Crippen molar-refractivity contribution in [2.45, 2.75) is 38.1 Å². The molecule has 5 nitrogen and oxygen atoms in total. The number of imidazole rings is 1. The molecule has 0 aromatic carbocycles. The molecule has 0 saturated heterocycles. The number of aryl methyl sites for hydroxylation is 1. The van der Waals surface area contributed by atoms with Gasteiger partial charge in [0.05, 0.1) is 10.8 Å². The molecule has 1 aromatic rings. The maximum Gasteiger partial charge on any atom is 0.154 e. The summed E-state index contributed by atoms with van der Waals surface area (Å²) in [5.74, 6) is 0.609. The highest BCUT2D eigenvalue weighted by Crippen LogP contribution is 2.29. The average Bonchev–Trinajstić information content (AvgIpc) is 2.62. The lowest BCUT2D eigenvalue weighted by molar-refractivity contribution is 0.467. The molecule has 0 bridgehead atoms. The molecular formula is C10H19N3O2S. The van der Waals surface area contributed by atoms with Crippen molar-refractivity contribution in [2.75, 3.05) is 6.26 Å². The molecule has 1 unspecified atom stereocenters. The third-order valence-electron chi connectivity index (χ3n) is 3.07. The van der Waals surface area contributed by atoms with Crippen molar-refractivity contribution in [2.24, 2.45) is 5.73 Å². The molecule has 0 spiro atoms. The van der Waals surface area contributed by atoms with Crippen LogP contribution < -0.4 is 5.73 Å². The molecule has 2 N–H and O–H groups in total. The quantitative estimate of drug-likeness (QED) is 0.848. The fraction of sp³-hybridized carbons (Fsp3) is 0.700. The summed E-state index contributed by atoms with van der Waals surface area (Å²) in [7, 11) is -3.23. The van der Waals surface area contributed by atoms with Gasteiger partial charge in [-0.15, -0.1) is 0 Å². The molecule has 92 valence electrons. The van der Waals surface area contributed by atoms with Gasteiger partial charge in [-0.25, -0.2) is 13.4 Å². The molecule has 1 heterocycles. The molecule has 0 saturated carbocycles. The van der Waals surface area contributed by atoms with E-state index in [1.54, 1.807) is 26.2 Å². The van der Waals surface area contributed by atoms with Gasteiger partial charge in [-0.3, -0.25) is 0 Å². The summed E-state index contributed by atoms with van der Waals surface area (Å²) < 4.78 is 24.2. The van der Waals surface area contributed by atoms with Crippen LogP contribution in [0.2, 0.25) is 0 Å². The predicted molar refractivity (Wildman–Crippen MR) is 63.8 cm³/mol. The Labute approximate surface area is 96.6 Å². The lowest BCUT2D eigenvalue weighted by Gasteiger charge is -2.29. The fourth-order valence-electron chi connectivity index (χ4n) is 1.41. The van der Waals surface area contributed by atoms with Crippen LogP contribution in [0.4, 0.5) is 0 Å². The highest BCUT2D eigenvalue weighted by Gasteiger charge is 2.39. The number of hydrogen-bond donors (Lipinski definition) is 1. The van der Waals surface area contributed by atoms with Crippen LogP contribution in [0.5, 0.6) is 0 Å². The lowest BCUT2D eigenvalue weighted by atomic mass is 10.0. The zero-order chi connectivity index (χ0) is 12.6. The molecule has 16 heavy (non-hydrogen) atoms. The van der Waals surface area contributed by atoms with Gasteiger partial charge in [0.25, 0.3) is 0 Å². The Kier molecular flexibility index (Phi) is 3.44. The van der Waals surface area contributed by atoms with Gasteiger partial charge in [-0.2, -0.15) is 0 Å². The van der Waals surface area contributed by atoms with Gasteiger partial charge >= 0.3 is 0 Å². The van der Waals surface area contributed by atoms with Crippen LogP contribution >= 0.6 is 0 Å². The molecule has 0 amide bonds. The largest absolute Gasteiger partial charge is 0.334 e. The maximum atomic E-state index is 11.7. The first-order valence-corrected chi connectivity index (χ1v) is 7.07. The Balaban J connectivity index is 3.17. The normalized spacial score (nSPS) is 15.1. The molecule has 0 radical (unpaired) electrons. The van der Waals surface area contributed by atoms with Crippen molar-refractivity contribution in [3.05, 3.63) is 18.2 Å². The van der Waals surface area contributed by atoms with Gasteiger partial charge in [0.15, 0.2) is 9.84 Å². The van der Waals surface area contributed by atoms with Crippen molar-refractivity contribution in [3.8, 4) is 0 Å². The molecule has 0 aliphatic carbocycles. The van der Waals surface area contributed by atoms with Gasteiger partial charge in [0, 0.05) is 25.2 Å². The summed E-state index contributed by atoms with van der Waals surface area (Å²) in [5.41, 5.74) is 6.02. The molecule has 1 atom stereocenters. The molecule has 6 heteroatoms. The van der Waals surface area contributed by atoms with Crippen LogP contribution in [0, 0.1) is 0 Å². The van der Waals surface area contributed by atoms with Crippen LogP contribution in [-0.2, 0) is 16.4 Å². The van der Waals surface area contributed by atoms with E-state index in [1.165, 1.54) is 6.26 Å². The number of nitrogens with zero attached hydrogens (tertiary/aromatic N) is 2. The first-order valence-electron chi connectivity index (χ1n) is 5.18. The summed E-state index contributed by atoms with van der Waals surface area (Å²) in [4.78, 5) is 4.14. The summed E-state index contributed by atoms with van der Waals surface area (Å²) >= 11 is 0. The van der Waals surface area contributed by atoms with Crippen molar-refractivity contribution in [1.29, 1.82) is 0 Å². The molecular weight excluding hydrogens is 226 g/mol. The minimum absolute atomic E-state index is 0.609. The van der Waals surface area contributed by atoms with E-state index in [4.69, 9.17) is 5.73 Å². The summed E-state index contributed by atoms with van der Waals surface area (Å²) in [6.45, 7) is 5.94. The molecule has 0 aliphatic heterocycles. The first kappa shape index (κ1) is 13.2. The van der Waals surface area contributed by atoms with E-state index in [1.807, 2.05) is 11.5 Å². The van der Waals surface area contributed by atoms with Crippen molar-refractivity contribution in [1.82, 2.24) is 9.55 Å². The standard InChI is InChI=1S/C10H19N3O2S/c1-5-13-7-6-12-9(13)8(11)10(2,3)16(4,14)15/h6-8H,5,11H2,1-4H3. The van der Waals surface area contributed by atoms with Crippen LogP contribution in [-0.4, -0.2) is 29.0 Å². The molecule has 1 aromatic heterocycles. The minimum Gasteiger partial charge on any atom is -0.334 e. The van der Waals surface area contributed by atoms with Crippen molar-refractivity contribution in [3.63, 3.8) is 0 Å². The Morgan fingerprint density at radius 3 is 2.56 bits per heavy atom. The average molecular weight is 245 g/mol. The van der Waals surface area contributed by atoms with Gasteiger partial charge < -0.3 is 10.3 Å². The molecule has 0 fully saturated rings. The summed E-state index contributed by atoms with van der Waals surface area (Å²) in [5, 5.41) is 0. The van der Waals surface area contributed by atoms with Crippen molar-refractivity contribution < 1.29 is 8.42 Å². The van der Waals surface area contributed by atoms with Gasteiger partial charge in [0.2, 0.25) is 0 Å². The van der Waals surface area contributed by atoms with Crippen LogP contribution in [0.1, 0.15) is 32.6 Å². The first-order chi connectivity index (χ1) is 7.21. The highest BCUT2D eigenvalue weighted by atomic mass is 32.2. The fourth-order valence-corrected chi connectivity index (χ4v) is 1.98. The minimum atomic E-state index is -3.23. The second kappa shape index (κ2) is 4.18. The van der Waals surface area contributed by atoms with E-state index in [2.05, 4.69) is 4.98 Å². The number of nitrogens with two attached hydrogens (primary N) is 1. The monoisotopic (exact) mass is 245 g/mol. The van der Waals surface area contributed by atoms with Crippen LogP contribution in [0.25, 0.3) is 0 Å². The second-order valence-corrected chi connectivity index (χ2v) is 7.02. The number of hydrogen-bond acceptors (Lipinski definition) is 4. The third kappa shape index (κ3) is 2.12. The predicted octanol–water partition coefficient (Wildman–Crippen LogP) is 0.726. The van der Waals surface area contributed by atoms with E-state index < -0.39 is 20.6 Å².